The van der Waals surface area contributed by atoms with E-state index < -0.39 is 18.7 Å². The molecule has 0 aliphatic heterocycles. The summed E-state index contributed by atoms with van der Waals surface area (Å²) in [6.07, 6.45) is -1.44. The summed E-state index contributed by atoms with van der Waals surface area (Å²) in [7, 11) is 2.38. The standard InChI is InChI=1S/C3H6O4P/c4-1-2(5)3(6)7-8/h2,4-5,8H,1H2/q-1. The van der Waals surface area contributed by atoms with Crippen LogP contribution in [0.5, 0.6) is 0 Å². The molecule has 1 unspecified atom stereocenters. The molecular formula is C3H6O4P-. The van der Waals surface area contributed by atoms with Crippen molar-refractivity contribution < 1.29 is 19.5 Å². The molecule has 0 spiro atoms. The molecule has 0 aliphatic rings. The van der Waals surface area contributed by atoms with Crippen molar-refractivity contribution in [2.75, 3.05) is 6.61 Å². The van der Waals surface area contributed by atoms with Gasteiger partial charge in [0, 0.05) is 0 Å². The highest BCUT2D eigenvalue weighted by Crippen LogP contribution is 1.91. The molecule has 4 nitrogen and oxygen atoms in total. The molecule has 0 aromatic rings. The second kappa shape index (κ2) is 3.78. The lowest BCUT2D eigenvalue weighted by Crippen LogP contribution is -2.23. The van der Waals surface area contributed by atoms with E-state index >= 15 is 0 Å². The van der Waals surface area contributed by atoms with Crippen molar-refractivity contribution in [3.05, 3.63) is 0 Å². The van der Waals surface area contributed by atoms with Crippen molar-refractivity contribution in [2.24, 2.45) is 0 Å². The van der Waals surface area contributed by atoms with Gasteiger partial charge in [0.25, 0.3) is 0 Å². The lowest BCUT2D eigenvalue weighted by atomic mass is 10.4. The number of carbonyl (C=O) groups is 1. The predicted octanol–water partition coefficient (Wildman–Crippen LogP) is -1.06. The van der Waals surface area contributed by atoms with Gasteiger partial charge >= 0.3 is 5.97 Å². The zero-order valence-electron chi connectivity index (χ0n) is 4.00. The third kappa shape index (κ3) is 2.21. The van der Waals surface area contributed by atoms with Gasteiger partial charge in [-0.2, -0.15) is 0 Å². The zero-order chi connectivity index (χ0) is 6.57. The first-order chi connectivity index (χ1) is 3.72. The van der Waals surface area contributed by atoms with Gasteiger partial charge < -0.3 is 24.2 Å². The fourth-order valence-corrected chi connectivity index (χ4v) is 0.279. The summed E-state index contributed by atoms with van der Waals surface area (Å²) in [5, 5.41) is 16.4. The average molecular weight is 137 g/mol. The van der Waals surface area contributed by atoms with Gasteiger partial charge in [-0.15, -0.1) is 0 Å². The van der Waals surface area contributed by atoms with E-state index in [9.17, 15) is 4.79 Å². The summed E-state index contributed by atoms with van der Waals surface area (Å²) in [6, 6.07) is 0. The maximum absolute atomic E-state index is 10.1. The van der Waals surface area contributed by atoms with Crippen molar-refractivity contribution in [1.82, 2.24) is 0 Å². The Balaban J connectivity index is 3.46. The SMILES string of the molecule is O=C(O[PH-])C(O)CO. The molecule has 0 radical (unpaired) electrons. The van der Waals surface area contributed by atoms with Crippen LogP contribution in [-0.2, 0) is 9.32 Å². The molecule has 0 bridgehead atoms. The maximum atomic E-state index is 10.1. The Morgan fingerprint density at radius 2 is 2.38 bits per heavy atom. The minimum atomic E-state index is -1.44. The number of rotatable bonds is 2. The second-order valence-corrected chi connectivity index (χ2v) is 1.32. The van der Waals surface area contributed by atoms with E-state index in [0.717, 1.165) is 0 Å². The summed E-state index contributed by atoms with van der Waals surface area (Å²) in [4.78, 5) is 10.1. The van der Waals surface area contributed by atoms with E-state index in [0.29, 0.717) is 0 Å². The van der Waals surface area contributed by atoms with E-state index in [2.05, 4.69) is 14.0 Å². The van der Waals surface area contributed by atoms with Crippen molar-refractivity contribution in [1.29, 1.82) is 0 Å². The molecule has 5 heteroatoms. The van der Waals surface area contributed by atoms with Gasteiger partial charge in [-0.1, -0.05) is 0 Å². The van der Waals surface area contributed by atoms with Crippen LogP contribution < -0.4 is 0 Å². The molecule has 8 heavy (non-hydrogen) atoms. The molecule has 0 saturated carbocycles. The number of hydrogen-bond acceptors (Lipinski definition) is 4. The van der Waals surface area contributed by atoms with Crippen LogP contribution in [0.25, 0.3) is 0 Å². The lowest BCUT2D eigenvalue weighted by Gasteiger charge is -2.08. The first kappa shape index (κ1) is 7.82. The fraction of sp³-hybridized carbons (Fsp3) is 0.667. The number of hydrogen-bond donors (Lipinski definition) is 2. The summed E-state index contributed by atoms with van der Waals surface area (Å²) in [6.45, 7) is -0.622. The van der Waals surface area contributed by atoms with E-state index in [1.165, 1.54) is 0 Å². The molecule has 48 valence electrons. The molecule has 1 atom stereocenters. The first-order valence-corrected chi connectivity index (χ1v) is 2.29. The van der Waals surface area contributed by atoms with Gasteiger partial charge in [-0.25, -0.2) is 0 Å². The second-order valence-electron chi connectivity index (χ2n) is 1.12. The van der Waals surface area contributed by atoms with Crippen molar-refractivity contribution in [2.45, 2.75) is 6.10 Å². The quantitative estimate of drug-likeness (QED) is 0.476. The number of aliphatic hydroxyl groups is 2. The average Bonchev–Trinajstić information content (AvgIpc) is 1.84. The zero-order valence-corrected chi connectivity index (χ0v) is 5.00. The van der Waals surface area contributed by atoms with Crippen molar-refractivity contribution in [3.63, 3.8) is 0 Å². The van der Waals surface area contributed by atoms with Crippen LogP contribution in [0.2, 0.25) is 0 Å². The molecule has 0 heterocycles. The minimum Gasteiger partial charge on any atom is -0.646 e. The van der Waals surface area contributed by atoms with E-state index in [1.54, 1.807) is 0 Å². The molecule has 0 saturated heterocycles. The summed E-state index contributed by atoms with van der Waals surface area (Å²) < 4.78 is 3.86. The highest BCUT2D eigenvalue weighted by Gasteiger charge is 2.09. The topological polar surface area (TPSA) is 66.8 Å². The van der Waals surface area contributed by atoms with E-state index in [4.69, 9.17) is 10.2 Å². The minimum absolute atomic E-state index is 0.622. The highest BCUT2D eigenvalue weighted by molar-refractivity contribution is 7.10. The molecule has 0 aliphatic carbocycles. The van der Waals surface area contributed by atoms with Gasteiger partial charge in [0.2, 0.25) is 0 Å². The van der Waals surface area contributed by atoms with Gasteiger partial charge in [0.15, 0.2) is 6.10 Å². The third-order valence-corrected chi connectivity index (χ3v) is 0.747. The summed E-state index contributed by atoms with van der Waals surface area (Å²) in [5.41, 5.74) is 0. The Hall–Kier alpha value is -0.180. The largest absolute Gasteiger partial charge is 0.646 e. The Kier molecular flexibility index (Phi) is 3.69. The Bertz CT molecular complexity index is 83.4. The normalized spacial score (nSPS) is 12.9. The first-order valence-electron chi connectivity index (χ1n) is 1.88. The van der Waals surface area contributed by atoms with Gasteiger partial charge in [0.1, 0.15) is 0 Å². The number of aliphatic hydroxyl groups excluding tert-OH is 2. The molecule has 2 N–H and O–H groups in total. The molecule has 0 amide bonds. The molecule has 0 aromatic heterocycles. The van der Waals surface area contributed by atoms with Crippen LogP contribution in [0.1, 0.15) is 0 Å². The maximum Gasteiger partial charge on any atom is 0.305 e. The van der Waals surface area contributed by atoms with Crippen LogP contribution in [0.3, 0.4) is 0 Å². The Morgan fingerprint density at radius 3 is 2.50 bits per heavy atom. The fourth-order valence-electron chi connectivity index (χ4n) is 0.143. The van der Waals surface area contributed by atoms with E-state index in [1.807, 2.05) is 0 Å². The van der Waals surface area contributed by atoms with Crippen molar-refractivity contribution in [3.8, 4) is 0 Å². The molecule has 0 aromatic carbocycles. The van der Waals surface area contributed by atoms with Crippen LogP contribution in [0.4, 0.5) is 0 Å². The van der Waals surface area contributed by atoms with Gasteiger partial charge in [-0.05, 0) is 0 Å². The van der Waals surface area contributed by atoms with Gasteiger partial charge in [-0.3, -0.25) is 4.79 Å². The van der Waals surface area contributed by atoms with Crippen molar-refractivity contribution >= 4 is 15.4 Å². The Labute approximate surface area is 48.7 Å². The number of carbonyl (C=O) groups excluding carboxylic acids is 1. The van der Waals surface area contributed by atoms with Crippen LogP contribution in [-0.4, -0.2) is 28.9 Å². The summed E-state index contributed by atoms with van der Waals surface area (Å²) >= 11 is 0. The smallest absolute Gasteiger partial charge is 0.305 e. The molecule has 0 rings (SSSR count). The predicted molar refractivity (Wildman–Crippen MR) is 27.5 cm³/mol. The molecule has 0 fully saturated rings. The Morgan fingerprint density at radius 1 is 1.88 bits per heavy atom. The third-order valence-electron chi connectivity index (χ3n) is 0.546. The lowest BCUT2D eigenvalue weighted by molar-refractivity contribution is -0.144. The monoisotopic (exact) mass is 137 g/mol. The van der Waals surface area contributed by atoms with Gasteiger partial charge in [0.05, 0.1) is 6.61 Å². The summed E-state index contributed by atoms with van der Waals surface area (Å²) in [5.74, 6) is -0.899. The van der Waals surface area contributed by atoms with Crippen LogP contribution >= 0.6 is 9.47 Å². The van der Waals surface area contributed by atoms with E-state index in [-0.39, 0.29) is 0 Å². The van der Waals surface area contributed by atoms with Crippen LogP contribution in [0.15, 0.2) is 0 Å². The molecular weight excluding hydrogens is 131 g/mol. The highest BCUT2D eigenvalue weighted by atomic mass is 31.0. The van der Waals surface area contributed by atoms with Crippen LogP contribution in [0, 0.1) is 0 Å².